The molecule has 0 amide bonds. The SMILES string of the molecule is Cc1c(-c2ccn3c(-c4ccc(CN5CCC[C@@H]5C(=O)O)cc4)nnc3c2)cccc1-c1cccc(-c2cnc(CNCCO)cn2)c1C. The predicted octanol–water partition coefficient (Wildman–Crippen LogP) is 5.94. The summed E-state index contributed by atoms with van der Waals surface area (Å²) in [6.45, 7) is 6.88. The minimum Gasteiger partial charge on any atom is -0.480 e. The number of hydrogen-bond donors (Lipinski definition) is 3. The van der Waals surface area contributed by atoms with Crippen molar-refractivity contribution in [3.63, 3.8) is 0 Å². The van der Waals surface area contributed by atoms with Crippen molar-refractivity contribution in [2.24, 2.45) is 0 Å². The minimum absolute atomic E-state index is 0.0868. The highest BCUT2D eigenvalue weighted by Crippen LogP contribution is 2.37. The van der Waals surface area contributed by atoms with E-state index < -0.39 is 12.0 Å². The smallest absolute Gasteiger partial charge is 0.320 e. The third kappa shape index (κ3) is 6.58. The van der Waals surface area contributed by atoms with Crippen molar-refractivity contribution in [2.75, 3.05) is 19.7 Å². The van der Waals surface area contributed by atoms with Gasteiger partial charge in [0.15, 0.2) is 11.5 Å². The average molecular weight is 654 g/mol. The molecule has 3 aromatic heterocycles. The number of aliphatic hydroxyl groups is 1. The summed E-state index contributed by atoms with van der Waals surface area (Å²) >= 11 is 0. The van der Waals surface area contributed by atoms with Crippen molar-refractivity contribution in [1.29, 1.82) is 0 Å². The van der Waals surface area contributed by atoms with E-state index in [4.69, 9.17) is 10.1 Å². The first kappa shape index (κ1) is 32.3. The third-order valence-electron chi connectivity index (χ3n) is 9.50. The molecule has 3 N–H and O–H groups in total. The maximum Gasteiger partial charge on any atom is 0.320 e. The first-order valence-electron chi connectivity index (χ1n) is 16.6. The van der Waals surface area contributed by atoms with Crippen LogP contribution in [0.15, 0.2) is 91.4 Å². The summed E-state index contributed by atoms with van der Waals surface area (Å²) in [7, 11) is 0. The van der Waals surface area contributed by atoms with Gasteiger partial charge in [0.05, 0.1) is 30.4 Å². The molecule has 0 saturated carbocycles. The monoisotopic (exact) mass is 653 g/mol. The largest absolute Gasteiger partial charge is 0.480 e. The van der Waals surface area contributed by atoms with Crippen molar-refractivity contribution in [1.82, 2.24) is 34.8 Å². The topological polar surface area (TPSA) is 129 Å². The lowest BCUT2D eigenvalue weighted by Crippen LogP contribution is -2.35. The first-order chi connectivity index (χ1) is 23.9. The van der Waals surface area contributed by atoms with Gasteiger partial charge in [-0.15, -0.1) is 10.2 Å². The van der Waals surface area contributed by atoms with E-state index in [1.165, 1.54) is 5.56 Å². The number of aliphatic carboxylic acids is 1. The normalized spacial score (nSPS) is 14.9. The maximum absolute atomic E-state index is 11.6. The van der Waals surface area contributed by atoms with E-state index in [0.717, 1.165) is 80.3 Å². The highest BCUT2D eigenvalue weighted by molar-refractivity contribution is 5.83. The number of aliphatic hydroxyl groups excluding tert-OH is 1. The number of carbonyl (C=O) groups is 1. The van der Waals surface area contributed by atoms with Crippen LogP contribution in [-0.4, -0.2) is 71.4 Å². The van der Waals surface area contributed by atoms with Crippen LogP contribution in [0.25, 0.3) is 50.5 Å². The maximum atomic E-state index is 11.6. The highest BCUT2D eigenvalue weighted by atomic mass is 16.4. The molecule has 1 atom stereocenters. The van der Waals surface area contributed by atoms with Crippen molar-refractivity contribution in [3.05, 3.63) is 114 Å². The van der Waals surface area contributed by atoms with Crippen LogP contribution in [0.1, 0.15) is 35.2 Å². The number of nitrogens with one attached hydrogen (secondary N) is 1. The van der Waals surface area contributed by atoms with Gasteiger partial charge < -0.3 is 15.5 Å². The second-order valence-corrected chi connectivity index (χ2v) is 12.6. The fourth-order valence-corrected chi connectivity index (χ4v) is 6.87. The number of hydrogen-bond acceptors (Lipinski definition) is 8. The Bertz CT molecular complexity index is 2110. The Balaban J connectivity index is 1.13. The molecule has 49 heavy (non-hydrogen) atoms. The van der Waals surface area contributed by atoms with E-state index in [2.05, 4.69) is 82.9 Å². The van der Waals surface area contributed by atoms with Gasteiger partial charge >= 0.3 is 5.97 Å². The van der Waals surface area contributed by atoms with Crippen LogP contribution < -0.4 is 5.32 Å². The number of pyridine rings is 1. The average Bonchev–Trinajstić information content (AvgIpc) is 3.77. The molecule has 248 valence electrons. The lowest BCUT2D eigenvalue weighted by molar-refractivity contribution is -0.142. The number of carboxylic acid groups (broad SMARTS) is 1. The van der Waals surface area contributed by atoms with Gasteiger partial charge in [0, 0.05) is 37.0 Å². The van der Waals surface area contributed by atoms with Gasteiger partial charge in [0.1, 0.15) is 6.04 Å². The van der Waals surface area contributed by atoms with E-state index in [1.54, 1.807) is 6.20 Å². The Labute approximate surface area is 285 Å². The van der Waals surface area contributed by atoms with E-state index in [0.29, 0.717) is 26.1 Å². The quantitative estimate of drug-likeness (QED) is 0.146. The molecule has 0 unspecified atom stereocenters. The first-order valence-corrected chi connectivity index (χ1v) is 16.6. The summed E-state index contributed by atoms with van der Waals surface area (Å²) < 4.78 is 2.00. The molecule has 10 nitrogen and oxygen atoms in total. The standard InChI is InChI=1S/C39H39N7O3/c1-25-31(6-3-7-32(25)33-8-4-9-34(26(33)2)35-23-41-30(22-42-35)21-40-16-19-47)29-15-18-46-37(20-29)43-44-38(46)28-13-11-27(12-14-28)24-45-17-5-10-36(45)39(48)49/h3-4,6-9,11-15,18,20,22-23,36,40,47H,5,10,16-17,19,21,24H2,1-2H3,(H,48,49)/t36-/m1/s1. The minimum atomic E-state index is -0.743. The molecule has 1 fully saturated rings. The summed E-state index contributed by atoms with van der Waals surface area (Å²) in [4.78, 5) is 22.9. The molecule has 0 spiro atoms. The molecular formula is C39H39N7O3. The van der Waals surface area contributed by atoms with Crippen LogP contribution in [0.3, 0.4) is 0 Å². The van der Waals surface area contributed by atoms with Crippen LogP contribution in [0.2, 0.25) is 0 Å². The molecule has 1 aliphatic heterocycles. The van der Waals surface area contributed by atoms with E-state index in [-0.39, 0.29) is 6.61 Å². The molecular weight excluding hydrogens is 614 g/mol. The molecule has 0 bridgehead atoms. The Morgan fingerprint density at radius 2 is 1.61 bits per heavy atom. The van der Waals surface area contributed by atoms with Crippen molar-refractivity contribution in [2.45, 2.75) is 45.8 Å². The lowest BCUT2D eigenvalue weighted by Gasteiger charge is -2.21. The van der Waals surface area contributed by atoms with E-state index in [1.807, 2.05) is 46.0 Å². The second-order valence-electron chi connectivity index (χ2n) is 12.6. The molecule has 4 heterocycles. The number of rotatable bonds is 11. The number of likely N-dealkylation sites (tertiary alicyclic amines) is 1. The van der Waals surface area contributed by atoms with Crippen LogP contribution in [0, 0.1) is 13.8 Å². The fourth-order valence-electron chi connectivity index (χ4n) is 6.87. The number of fused-ring (bicyclic) bond motifs is 1. The highest BCUT2D eigenvalue weighted by Gasteiger charge is 2.30. The fraction of sp³-hybridized carbons (Fsp3) is 0.256. The van der Waals surface area contributed by atoms with Crippen LogP contribution in [-0.2, 0) is 17.9 Å². The molecule has 0 aliphatic carbocycles. The molecule has 1 aliphatic rings. The zero-order chi connectivity index (χ0) is 33.9. The Morgan fingerprint density at radius 1 is 0.878 bits per heavy atom. The van der Waals surface area contributed by atoms with Crippen molar-refractivity contribution < 1.29 is 15.0 Å². The third-order valence-corrected chi connectivity index (χ3v) is 9.50. The lowest BCUT2D eigenvalue weighted by atomic mass is 9.89. The van der Waals surface area contributed by atoms with E-state index in [9.17, 15) is 9.90 Å². The van der Waals surface area contributed by atoms with Gasteiger partial charge in [0.2, 0.25) is 0 Å². The second kappa shape index (κ2) is 14.1. The molecule has 10 heteroatoms. The van der Waals surface area contributed by atoms with Crippen molar-refractivity contribution in [3.8, 4) is 44.9 Å². The molecule has 3 aromatic carbocycles. The van der Waals surface area contributed by atoms with Crippen LogP contribution in [0.5, 0.6) is 0 Å². The van der Waals surface area contributed by atoms with Gasteiger partial charge in [0.25, 0.3) is 0 Å². The zero-order valence-corrected chi connectivity index (χ0v) is 27.7. The van der Waals surface area contributed by atoms with Gasteiger partial charge in [-0.25, -0.2) is 0 Å². The van der Waals surface area contributed by atoms with Crippen LogP contribution in [0.4, 0.5) is 0 Å². The van der Waals surface area contributed by atoms with Gasteiger partial charge in [-0.2, -0.15) is 0 Å². The summed E-state index contributed by atoms with van der Waals surface area (Å²) in [5, 5.41) is 30.7. The molecule has 7 rings (SSSR count). The number of aromatic nitrogens is 5. The zero-order valence-electron chi connectivity index (χ0n) is 27.7. The predicted molar refractivity (Wildman–Crippen MR) is 190 cm³/mol. The summed E-state index contributed by atoms with van der Waals surface area (Å²) in [5.41, 5.74) is 12.3. The van der Waals surface area contributed by atoms with Crippen molar-refractivity contribution >= 4 is 11.6 Å². The van der Waals surface area contributed by atoms with E-state index >= 15 is 0 Å². The summed E-state index contributed by atoms with van der Waals surface area (Å²) in [6.07, 6.45) is 7.24. The number of benzene rings is 3. The number of nitrogens with zero attached hydrogens (tertiary/aromatic N) is 6. The molecule has 1 saturated heterocycles. The van der Waals surface area contributed by atoms with Crippen LogP contribution >= 0.6 is 0 Å². The Hall–Kier alpha value is -5.29. The Morgan fingerprint density at radius 3 is 2.33 bits per heavy atom. The summed E-state index contributed by atoms with van der Waals surface area (Å²) in [6, 6.07) is 24.6. The number of carboxylic acids is 1. The molecule has 0 radical (unpaired) electrons. The Kier molecular flexibility index (Phi) is 9.26. The van der Waals surface area contributed by atoms with Gasteiger partial charge in [-0.05, 0) is 84.3 Å². The van der Waals surface area contributed by atoms with Gasteiger partial charge in [-0.3, -0.25) is 24.1 Å². The van der Waals surface area contributed by atoms with Gasteiger partial charge in [-0.1, -0.05) is 60.7 Å². The molecule has 6 aromatic rings. The summed E-state index contributed by atoms with van der Waals surface area (Å²) in [5.74, 6) is 0.0142.